The molecule has 1 aromatic carbocycles. The summed E-state index contributed by atoms with van der Waals surface area (Å²) in [6.45, 7) is 5.35. The van der Waals surface area contributed by atoms with Crippen LogP contribution in [0.3, 0.4) is 0 Å². The average Bonchev–Trinajstić information content (AvgIpc) is 2.79. The van der Waals surface area contributed by atoms with E-state index in [2.05, 4.69) is 47.5 Å². The van der Waals surface area contributed by atoms with Crippen molar-refractivity contribution in [2.45, 2.75) is 25.9 Å². The van der Waals surface area contributed by atoms with Crippen LogP contribution in [0.5, 0.6) is 0 Å². The van der Waals surface area contributed by atoms with E-state index in [0.29, 0.717) is 12.0 Å². The van der Waals surface area contributed by atoms with Gasteiger partial charge in [0.2, 0.25) is 0 Å². The van der Waals surface area contributed by atoms with Crippen molar-refractivity contribution in [3.05, 3.63) is 35.9 Å². The minimum Gasteiger partial charge on any atom is -0.321 e. The fraction of sp³-hybridized carbons (Fsp3) is 0.500. The third-order valence-electron chi connectivity index (χ3n) is 3.56. The Bertz CT molecular complexity index is 382. The Labute approximate surface area is 103 Å². The van der Waals surface area contributed by atoms with E-state index in [1.807, 2.05) is 6.19 Å². The maximum absolute atomic E-state index is 8.62. The average molecular weight is 229 g/mol. The number of nitrogens with zero attached hydrogens (tertiary/aromatic N) is 2. The van der Waals surface area contributed by atoms with Gasteiger partial charge < -0.3 is 5.32 Å². The first-order valence-electron chi connectivity index (χ1n) is 6.20. The van der Waals surface area contributed by atoms with Gasteiger partial charge in [-0.05, 0) is 31.4 Å². The molecule has 1 heterocycles. The molecule has 0 aromatic heterocycles. The van der Waals surface area contributed by atoms with Crippen LogP contribution in [-0.4, -0.2) is 24.0 Å². The SMILES string of the molecule is CC(NC#N)C1CCN(Cc2ccccc2)C1. The van der Waals surface area contributed by atoms with Crippen LogP contribution in [0.2, 0.25) is 0 Å². The van der Waals surface area contributed by atoms with Gasteiger partial charge in [0.25, 0.3) is 0 Å². The molecule has 2 rings (SSSR count). The Balaban J connectivity index is 1.84. The Kier molecular flexibility index (Phi) is 4.00. The highest BCUT2D eigenvalue weighted by Gasteiger charge is 2.26. The van der Waals surface area contributed by atoms with Crippen LogP contribution in [0.1, 0.15) is 18.9 Å². The lowest BCUT2D eigenvalue weighted by Gasteiger charge is -2.19. The Morgan fingerprint density at radius 3 is 2.94 bits per heavy atom. The van der Waals surface area contributed by atoms with Crippen LogP contribution in [0, 0.1) is 17.4 Å². The molecule has 90 valence electrons. The molecule has 0 bridgehead atoms. The number of benzene rings is 1. The molecule has 1 N–H and O–H groups in total. The molecule has 0 radical (unpaired) electrons. The summed E-state index contributed by atoms with van der Waals surface area (Å²) < 4.78 is 0. The molecule has 0 aliphatic carbocycles. The van der Waals surface area contributed by atoms with Gasteiger partial charge in [0.1, 0.15) is 0 Å². The van der Waals surface area contributed by atoms with Crippen LogP contribution < -0.4 is 5.32 Å². The number of nitrogens with one attached hydrogen (secondary N) is 1. The largest absolute Gasteiger partial charge is 0.321 e. The highest BCUT2D eigenvalue weighted by Crippen LogP contribution is 2.21. The molecule has 2 unspecified atom stereocenters. The molecular weight excluding hydrogens is 210 g/mol. The van der Waals surface area contributed by atoms with Gasteiger partial charge in [0, 0.05) is 19.1 Å². The van der Waals surface area contributed by atoms with Gasteiger partial charge in [0.05, 0.1) is 0 Å². The maximum Gasteiger partial charge on any atom is 0.176 e. The van der Waals surface area contributed by atoms with Crippen LogP contribution in [0.4, 0.5) is 0 Å². The van der Waals surface area contributed by atoms with E-state index in [1.54, 1.807) is 0 Å². The van der Waals surface area contributed by atoms with Gasteiger partial charge in [0.15, 0.2) is 6.19 Å². The first-order valence-corrected chi connectivity index (χ1v) is 6.20. The summed E-state index contributed by atoms with van der Waals surface area (Å²) in [4.78, 5) is 2.47. The normalized spacial score (nSPS) is 22.0. The van der Waals surface area contributed by atoms with E-state index in [1.165, 1.54) is 12.0 Å². The number of nitriles is 1. The molecule has 1 saturated heterocycles. The summed E-state index contributed by atoms with van der Waals surface area (Å²) >= 11 is 0. The molecule has 0 amide bonds. The number of hydrogen-bond acceptors (Lipinski definition) is 3. The van der Waals surface area contributed by atoms with Gasteiger partial charge in [-0.25, -0.2) is 0 Å². The second-order valence-electron chi connectivity index (χ2n) is 4.81. The molecule has 1 fully saturated rings. The van der Waals surface area contributed by atoms with Crippen molar-refractivity contribution in [2.75, 3.05) is 13.1 Å². The van der Waals surface area contributed by atoms with Crippen molar-refractivity contribution in [1.29, 1.82) is 5.26 Å². The summed E-state index contributed by atoms with van der Waals surface area (Å²) in [5.41, 5.74) is 1.37. The van der Waals surface area contributed by atoms with Crippen molar-refractivity contribution in [1.82, 2.24) is 10.2 Å². The van der Waals surface area contributed by atoms with E-state index in [9.17, 15) is 0 Å². The Morgan fingerprint density at radius 2 is 2.24 bits per heavy atom. The van der Waals surface area contributed by atoms with E-state index in [-0.39, 0.29) is 0 Å². The molecular formula is C14H19N3. The monoisotopic (exact) mass is 229 g/mol. The highest BCUT2D eigenvalue weighted by molar-refractivity contribution is 5.14. The third-order valence-corrected chi connectivity index (χ3v) is 3.56. The zero-order valence-electron chi connectivity index (χ0n) is 10.3. The maximum atomic E-state index is 8.62. The second kappa shape index (κ2) is 5.70. The lowest BCUT2D eigenvalue weighted by Crippen LogP contribution is -2.32. The van der Waals surface area contributed by atoms with E-state index >= 15 is 0 Å². The summed E-state index contributed by atoms with van der Waals surface area (Å²) in [6, 6.07) is 10.9. The molecule has 3 heteroatoms. The van der Waals surface area contributed by atoms with Crippen molar-refractivity contribution < 1.29 is 0 Å². The molecule has 1 aromatic rings. The predicted octanol–water partition coefficient (Wildman–Crippen LogP) is 1.97. The van der Waals surface area contributed by atoms with E-state index in [0.717, 1.165) is 19.6 Å². The van der Waals surface area contributed by atoms with Gasteiger partial charge in [-0.1, -0.05) is 30.3 Å². The third kappa shape index (κ3) is 3.21. The van der Waals surface area contributed by atoms with Gasteiger partial charge in [-0.2, -0.15) is 5.26 Å². The predicted molar refractivity (Wildman–Crippen MR) is 68.0 cm³/mol. The molecule has 2 atom stereocenters. The smallest absolute Gasteiger partial charge is 0.176 e. The minimum atomic E-state index is 0.292. The first-order chi connectivity index (χ1) is 8.29. The molecule has 17 heavy (non-hydrogen) atoms. The zero-order valence-corrected chi connectivity index (χ0v) is 10.3. The fourth-order valence-corrected chi connectivity index (χ4v) is 2.48. The Hall–Kier alpha value is -1.53. The molecule has 1 aliphatic heterocycles. The van der Waals surface area contributed by atoms with Crippen LogP contribution in [0.15, 0.2) is 30.3 Å². The number of rotatable bonds is 4. The standard InChI is InChI=1S/C14H19N3/c1-12(16-11-15)14-7-8-17(10-14)9-13-5-3-2-4-6-13/h2-6,12,14,16H,7-10H2,1H3. The lowest BCUT2D eigenvalue weighted by atomic mass is 10.0. The van der Waals surface area contributed by atoms with Gasteiger partial charge in [-0.15, -0.1) is 0 Å². The molecule has 0 saturated carbocycles. The fourth-order valence-electron chi connectivity index (χ4n) is 2.48. The molecule has 3 nitrogen and oxygen atoms in total. The quantitative estimate of drug-likeness (QED) is 0.633. The minimum absolute atomic E-state index is 0.292. The topological polar surface area (TPSA) is 39.1 Å². The molecule has 0 spiro atoms. The van der Waals surface area contributed by atoms with Crippen molar-refractivity contribution in [3.63, 3.8) is 0 Å². The van der Waals surface area contributed by atoms with Gasteiger partial charge in [-0.3, -0.25) is 4.90 Å². The van der Waals surface area contributed by atoms with Crippen LogP contribution >= 0.6 is 0 Å². The number of hydrogen-bond donors (Lipinski definition) is 1. The van der Waals surface area contributed by atoms with E-state index < -0.39 is 0 Å². The van der Waals surface area contributed by atoms with Crippen molar-refractivity contribution in [3.8, 4) is 6.19 Å². The van der Waals surface area contributed by atoms with Crippen molar-refractivity contribution in [2.24, 2.45) is 5.92 Å². The zero-order chi connectivity index (χ0) is 12.1. The lowest BCUT2D eigenvalue weighted by molar-refractivity contribution is 0.303. The summed E-state index contributed by atoms with van der Waals surface area (Å²) in [7, 11) is 0. The summed E-state index contributed by atoms with van der Waals surface area (Å²) in [6.07, 6.45) is 3.22. The van der Waals surface area contributed by atoms with E-state index in [4.69, 9.17) is 5.26 Å². The first kappa shape index (κ1) is 11.9. The van der Waals surface area contributed by atoms with Crippen LogP contribution in [-0.2, 0) is 6.54 Å². The molecule has 1 aliphatic rings. The Morgan fingerprint density at radius 1 is 1.47 bits per heavy atom. The highest BCUT2D eigenvalue weighted by atomic mass is 15.2. The van der Waals surface area contributed by atoms with Crippen LogP contribution in [0.25, 0.3) is 0 Å². The summed E-state index contributed by atoms with van der Waals surface area (Å²) in [5, 5.41) is 11.5. The van der Waals surface area contributed by atoms with Crippen molar-refractivity contribution >= 4 is 0 Å². The number of likely N-dealkylation sites (tertiary alicyclic amines) is 1. The second-order valence-corrected chi connectivity index (χ2v) is 4.81. The summed E-state index contributed by atoms with van der Waals surface area (Å²) in [5.74, 6) is 0.596. The van der Waals surface area contributed by atoms with Gasteiger partial charge >= 0.3 is 0 Å².